The molecule has 2 aromatic carbocycles. The summed E-state index contributed by atoms with van der Waals surface area (Å²) in [5.74, 6) is 0.449. The summed E-state index contributed by atoms with van der Waals surface area (Å²) in [5.41, 5.74) is 2.27. The normalized spacial score (nSPS) is 10.4. The van der Waals surface area contributed by atoms with E-state index in [1.165, 1.54) is 0 Å². The van der Waals surface area contributed by atoms with Crippen molar-refractivity contribution in [3.05, 3.63) is 57.6 Å². The SMILES string of the molecule is COc1cc(Br)cc(CNCc2ccc(C(=O)O)cc2)c1OC. The van der Waals surface area contributed by atoms with Gasteiger partial charge in [0.2, 0.25) is 0 Å². The molecule has 0 aromatic heterocycles. The molecule has 6 heteroatoms. The van der Waals surface area contributed by atoms with E-state index in [2.05, 4.69) is 21.2 Å². The van der Waals surface area contributed by atoms with E-state index < -0.39 is 5.97 Å². The molecule has 0 aliphatic heterocycles. The zero-order valence-electron chi connectivity index (χ0n) is 12.9. The van der Waals surface area contributed by atoms with Crippen molar-refractivity contribution in [1.29, 1.82) is 0 Å². The van der Waals surface area contributed by atoms with Crippen molar-refractivity contribution in [3.63, 3.8) is 0 Å². The monoisotopic (exact) mass is 379 g/mol. The van der Waals surface area contributed by atoms with Gasteiger partial charge in [0.25, 0.3) is 0 Å². The summed E-state index contributed by atoms with van der Waals surface area (Å²) in [7, 11) is 3.21. The molecule has 0 bridgehead atoms. The lowest BCUT2D eigenvalue weighted by atomic mass is 10.1. The first-order chi connectivity index (χ1) is 11.0. The van der Waals surface area contributed by atoms with Gasteiger partial charge in [0.05, 0.1) is 19.8 Å². The van der Waals surface area contributed by atoms with Crippen LogP contribution in [0, 0.1) is 0 Å². The van der Waals surface area contributed by atoms with Crippen LogP contribution in [0.1, 0.15) is 21.5 Å². The van der Waals surface area contributed by atoms with Crippen molar-refractivity contribution < 1.29 is 19.4 Å². The molecule has 0 spiro atoms. The third kappa shape index (κ3) is 4.46. The van der Waals surface area contributed by atoms with Gasteiger partial charge in [-0.15, -0.1) is 0 Å². The lowest BCUT2D eigenvalue weighted by molar-refractivity contribution is 0.0697. The maximum Gasteiger partial charge on any atom is 0.335 e. The first kappa shape index (κ1) is 17.3. The Balaban J connectivity index is 2.03. The number of carbonyl (C=O) groups is 1. The average molecular weight is 380 g/mol. The highest BCUT2D eigenvalue weighted by molar-refractivity contribution is 9.10. The van der Waals surface area contributed by atoms with Gasteiger partial charge in [-0.1, -0.05) is 28.1 Å². The molecule has 5 nitrogen and oxygen atoms in total. The number of carboxylic acids is 1. The molecular formula is C17H18BrNO4. The zero-order valence-corrected chi connectivity index (χ0v) is 14.5. The number of hydrogen-bond donors (Lipinski definition) is 2. The van der Waals surface area contributed by atoms with Gasteiger partial charge in [-0.3, -0.25) is 0 Å². The quantitative estimate of drug-likeness (QED) is 0.770. The van der Waals surface area contributed by atoms with Gasteiger partial charge in [0, 0.05) is 23.1 Å². The molecule has 122 valence electrons. The molecule has 0 saturated heterocycles. The molecule has 2 aromatic rings. The molecule has 0 aliphatic carbocycles. The van der Waals surface area contributed by atoms with E-state index in [-0.39, 0.29) is 5.56 Å². The van der Waals surface area contributed by atoms with E-state index in [4.69, 9.17) is 14.6 Å². The second-order valence-corrected chi connectivity index (χ2v) is 5.82. The van der Waals surface area contributed by atoms with Gasteiger partial charge in [-0.05, 0) is 29.8 Å². The van der Waals surface area contributed by atoms with Crippen LogP contribution in [0.3, 0.4) is 0 Å². The highest BCUT2D eigenvalue weighted by Crippen LogP contribution is 2.34. The Labute approximate surface area is 143 Å². The third-order valence-electron chi connectivity index (χ3n) is 3.37. The largest absolute Gasteiger partial charge is 0.493 e. The Bertz CT molecular complexity index is 686. The van der Waals surface area contributed by atoms with Crippen molar-refractivity contribution >= 4 is 21.9 Å². The Hall–Kier alpha value is -2.05. The molecule has 0 fully saturated rings. The molecule has 0 heterocycles. The van der Waals surface area contributed by atoms with Crippen molar-refractivity contribution in [2.75, 3.05) is 14.2 Å². The lowest BCUT2D eigenvalue weighted by Crippen LogP contribution is -2.14. The summed E-state index contributed by atoms with van der Waals surface area (Å²) >= 11 is 3.46. The van der Waals surface area contributed by atoms with Gasteiger partial charge >= 0.3 is 5.97 Å². The summed E-state index contributed by atoms with van der Waals surface area (Å²) in [6.45, 7) is 1.22. The topological polar surface area (TPSA) is 67.8 Å². The van der Waals surface area contributed by atoms with E-state index in [9.17, 15) is 4.79 Å². The van der Waals surface area contributed by atoms with Gasteiger partial charge in [0.1, 0.15) is 0 Å². The van der Waals surface area contributed by atoms with Crippen LogP contribution in [-0.2, 0) is 13.1 Å². The van der Waals surface area contributed by atoms with Crippen LogP contribution < -0.4 is 14.8 Å². The fourth-order valence-corrected chi connectivity index (χ4v) is 2.73. The van der Waals surface area contributed by atoms with Crippen LogP contribution in [0.25, 0.3) is 0 Å². The number of hydrogen-bond acceptors (Lipinski definition) is 4. The van der Waals surface area contributed by atoms with Gasteiger partial charge in [0.15, 0.2) is 11.5 Å². The van der Waals surface area contributed by atoms with Crippen molar-refractivity contribution in [2.45, 2.75) is 13.1 Å². The third-order valence-corrected chi connectivity index (χ3v) is 3.82. The van der Waals surface area contributed by atoms with E-state index in [0.29, 0.717) is 24.6 Å². The van der Waals surface area contributed by atoms with Crippen LogP contribution in [-0.4, -0.2) is 25.3 Å². The predicted octanol–water partition coefficient (Wildman–Crippen LogP) is 3.45. The summed E-state index contributed by atoms with van der Waals surface area (Å²) in [4.78, 5) is 10.8. The molecule has 0 saturated carbocycles. The number of carboxylic acid groups (broad SMARTS) is 1. The predicted molar refractivity (Wildman–Crippen MR) is 91.2 cm³/mol. The number of benzene rings is 2. The highest BCUT2D eigenvalue weighted by atomic mass is 79.9. The summed E-state index contributed by atoms with van der Waals surface area (Å²) in [6.07, 6.45) is 0. The summed E-state index contributed by atoms with van der Waals surface area (Å²) in [5, 5.41) is 12.2. The Morgan fingerprint density at radius 1 is 1.13 bits per heavy atom. The number of methoxy groups -OCH3 is 2. The molecule has 2 rings (SSSR count). The Morgan fingerprint density at radius 3 is 2.39 bits per heavy atom. The van der Waals surface area contributed by atoms with Gasteiger partial charge in [-0.25, -0.2) is 4.79 Å². The maximum absolute atomic E-state index is 10.8. The number of rotatable bonds is 7. The number of ether oxygens (including phenoxy) is 2. The minimum Gasteiger partial charge on any atom is -0.493 e. The van der Waals surface area contributed by atoms with E-state index in [1.54, 1.807) is 38.5 Å². The molecule has 2 N–H and O–H groups in total. The first-order valence-corrected chi connectivity index (χ1v) is 7.77. The van der Waals surface area contributed by atoms with Crippen molar-refractivity contribution in [2.24, 2.45) is 0 Å². The molecule has 23 heavy (non-hydrogen) atoms. The van der Waals surface area contributed by atoms with Gasteiger partial charge in [-0.2, -0.15) is 0 Å². The number of halogens is 1. The Morgan fingerprint density at radius 2 is 1.83 bits per heavy atom. The van der Waals surface area contributed by atoms with E-state index in [1.807, 2.05) is 12.1 Å². The van der Waals surface area contributed by atoms with Crippen LogP contribution in [0.4, 0.5) is 0 Å². The van der Waals surface area contributed by atoms with Crippen LogP contribution in [0.5, 0.6) is 11.5 Å². The molecule has 0 unspecified atom stereocenters. The van der Waals surface area contributed by atoms with Crippen LogP contribution in [0.15, 0.2) is 40.9 Å². The number of aromatic carboxylic acids is 1. The first-order valence-electron chi connectivity index (χ1n) is 6.98. The molecule has 0 radical (unpaired) electrons. The second-order valence-electron chi connectivity index (χ2n) is 4.91. The fraction of sp³-hybridized carbons (Fsp3) is 0.235. The van der Waals surface area contributed by atoms with E-state index in [0.717, 1.165) is 15.6 Å². The summed E-state index contributed by atoms with van der Waals surface area (Å²) in [6, 6.07) is 10.6. The Kier molecular flexibility index (Phi) is 6.01. The van der Waals surface area contributed by atoms with Crippen molar-refractivity contribution in [1.82, 2.24) is 5.32 Å². The standard InChI is InChI=1S/C17H18BrNO4/c1-22-15-8-14(18)7-13(16(15)23-2)10-19-9-11-3-5-12(6-4-11)17(20)21/h3-8,19H,9-10H2,1-2H3,(H,20,21). The molecule has 0 atom stereocenters. The van der Waals surface area contributed by atoms with Crippen LogP contribution in [0.2, 0.25) is 0 Å². The molecule has 0 aliphatic rings. The van der Waals surface area contributed by atoms with E-state index >= 15 is 0 Å². The maximum atomic E-state index is 10.8. The average Bonchev–Trinajstić information content (AvgIpc) is 2.54. The summed E-state index contributed by atoms with van der Waals surface area (Å²) < 4.78 is 11.7. The minimum absolute atomic E-state index is 0.284. The van der Waals surface area contributed by atoms with Gasteiger partial charge < -0.3 is 19.9 Å². The fourth-order valence-electron chi connectivity index (χ4n) is 2.24. The molecular weight excluding hydrogens is 362 g/mol. The van der Waals surface area contributed by atoms with Crippen LogP contribution >= 0.6 is 15.9 Å². The highest BCUT2D eigenvalue weighted by Gasteiger charge is 2.11. The smallest absolute Gasteiger partial charge is 0.335 e. The second kappa shape index (κ2) is 7.99. The number of nitrogens with one attached hydrogen (secondary N) is 1. The zero-order chi connectivity index (χ0) is 16.8. The van der Waals surface area contributed by atoms with Crippen molar-refractivity contribution in [3.8, 4) is 11.5 Å². The lowest BCUT2D eigenvalue weighted by Gasteiger charge is -2.14. The molecule has 0 amide bonds. The minimum atomic E-state index is -0.921.